The van der Waals surface area contributed by atoms with Crippen LogP contribution in [0.3, 0.4) is 0 Å². The highest BCUT2D eigenvalue weighted by Gasteiger charge is 2.27. The van der Waals surface area contributed by atoms with Crippen molar-refractivity contribution in [1.82, 2.24) is 0 Å². The van der Waals surface area contributed by atoms with E-state index in [4.69, 9.17) is 0 Å². The first-order chi connectivity index (χ1) is 9.83. The molecule has 0 aliphatic heterocycles. The first-order valence-electron chi connectivity index (χ1n) is 7.05. The Balaban J connectivity index is 2.97. The molecule has 21 heavy (non-hydrogen) atoms. The molecule has 1 aromatic rings. The van der Waals surface area contributed by atoms with Crippen LogP contribution in [0, 0.1) is 0 Å². The topological polar surface area (TPSA) is 63.2 Å². The van der Waals surface area contributed by atoms with Gasteiger partial charge in [-0.05, 0) is 30.9 Å². The number of hydrogen-bond donors (Lipinski definition) is 1. The third-order valence-corrected chi connectivity index (χ3v) is 5.61. The highest BCUT2D eigenvalue weighted by atomic mass is 32.2. The van der Waals surface area contributed by atoms with Gasteiger partial charge in [0.2, 0.25) is 5.91 Å². The summed E-state index contributed by atoms with van der Waals surface area (Å²) in [4.78, 5) is 12.2. The van der Waals surface area contributed by atoms with E-state index < -0.39 is 21.0 Å². The van der Waals surface area contributed by atoms with E-state index in [2.05, 4.69) is 25.7 Å². The fourth-order valence-electron chi connectivity index (χ4n) is 1.97. The molecule has 0 saturated heterocycles. The molecule has 0 spiro atoms. The van der Waals surface area contributed by atoms with Gasteiger partial charge in [0.15, 0.2) is 9.84 Å². The zero-order valence-corrected chi connectivity index (χ0v) is 13.6. The van der Waals surface area contributed by atoms with Crippen LogP contribution in [0.4, 0.5) is 5.69 Å². The van der Waals surface area contributed by atoms with Gasteiger partial charge in [-0.25, -0.2) is 8.42 Å². The third-order valence-electron chi connectivity index (χ3n) is 3.62. The average Bonchev–Trinajstić information content (AvgIpc) is 2.46. The Morgan fingerprint density at radius 2 is 1.95 bits per heavy atom. The van der Waals surface area contributed by atoms with Gasteiger partial charge in [-0.3, -0.25) is 4.79 Å². The van der Waals surface area contributed by atoms with Crippen LogP contribution in [-0.2, 0) is 14.6 Å². The van der Waals surface area contributed by atoms with Crippen molar-refractivity contribution >= 4 is 21.4 Å². The molecule has 2 atom stereocenters. The summed E-state index contributed by atoms with van der Waals surface area (Å²) in [5.41, 5.74) is 1.69. The quantitative estimate of drug-likeness (QED) is 0.787. The molecule has 1 aromatic carbocycles. The van der Waals surface area contributed by atoms with E-state index in [-0.39, 0.29) is 5.75 Å². The fourth-order valence-corrected chi connectivity index (χ4v) is 2.97. The zero-order chi connectivity index (χ0) is 16.0. The SMILES string of the molecule is C=CCS(=O)(=O)C(C)C(=O)Nc1ccccc1C(C)CC. The van der Waals surface area contributed by atoms with Crippen LogP contribution >= 0.6 is 0 Å². The lowest BCUT2D eigenvalue weighted by atomic mass is 9.97. The van der Waals surface area contributed by atoms with Crippen molar-refractivity contribution in [2.75, 3.05) is 11.1 Å². The molecule has 4 nitrogen and oxygen atoms in total. The number of amides is 1. The number of nitrogens with one attached hydrogen (secondary N) is 1. The van der Waals surface area contributed by atoms with Crippen molar-refractivity contribution in [2.45, 2.75) is 38.4 Å². The summed E-state index contributed by atoms with van der Waals surface area (Å²) in [6.45, 7) is 8.95. The Kier molecular flexibility index (Phi) is 6.15. The van der Waals surface area contributed by atoms with E-state index in [1.165, 1.54) is 13.0 Å². The molecule has 1 rings (SSSR count). The van der Waals surface area contributed by atoms with Crippen molar-refractivity contribution in [3.63, 3.8) is 0 Å². The Hall–Kier alpha value is -1.62. The summed E-state index contributed by atoms with van der Waals surface area (Å²) >= 11 is 0. The molecule has 116 valence electrons. The monoisotopic (exact) mass is 309 g/mol. The normalized spacial score (nSPS) is 14.2. The second-order valence-corrected chi connectivity index (χ2v) is 7.51. The molecule has 0 saturated carbocycles. The summed E-state index contributed by atoms with van der Waals surface area (Å²) in [6, 6.07) is 7.48. The summed E-state index contributed by atoms with van der Waals surface area (Å²) in [5, 5.41) is 1.64. The summed E-state index contributed by atoms with van der Waals surface area (Å²) in [7, 11) is -3.50. The van der Waals surface area contributed by atoms with Crippen molar-refractivity contribution in [3.05, 3.63) is 42.5 Å². The maximum atomic E-state index is 12.2. The van der Waals surface area contributed by atoms with Gasteiger partial charge in [0.05, 0.1) is 5.75 Å². The number of carbonyl (C=O) groups is 1. The van der Waals surface area contributed by atoms with Crippen molar-refractivity contribution < 1.29 is 13.2 Å². The van der Waals surface area contributed by atoms with Gasteiger partial charge in [0.25, 0.3) is 0 Å². The minimum Gasteiger partial charge on any atom is -0.325 e. The molecule has 0 bridgehead atoms. The van der Waals surface area contributed by atoms with Crippen molar-refractivity contribution in [2.24, 2.45) is 0 Å². The van der Waals surface area contributed by atoms with E-state index in [0.29, 0.717) is 11.6 Å². The van der Waals surface area contributed by atoms with E-state index in [9.17, 15) is 13.2 Å². The van der Waals surface area contributed by atoms with Crippen molar-refractivity contribution in [1.29, 1.82) is 0 Å². The van der Waals surface area contributed by atoms with Gasteiger partial charge >= 0.3 is 0 Å². The molecular weight excluding hydrogens is 286 g/mol. The largest absolute Gasteiger partial charge is 0.325 e. The second-order valence-electron chi connectivity index (χ2n) is 5.15. The maximum Gasteiger partial charge on any atom is 0.242 e. The number of rotatable bonds is 7. The summed E-state index contributed by atoms with van der Waals surface area (Å²) < 4.78 is 23.8. The predicted octanol–water partition coefficient (Wildman–Crippen LogP) is 3.13. The van der Waals surface area contributed by atoms with Gasteiger partial charge in [-0.1, -0.05) is 38.1 Å². The van der Waals surface area contributed by atoms with Gasteiger partial charge in [-0.15, -0.1) is 6.58 Å². The standard InChI is InChI=1S/C16H23NO3S/c1-5-11-21(19,20)13(4)16(18)17-15-10-8-7-9-14(15)12(3)6-2/h5,7-10,12-13H,1,6,11H2,2-4H3,(H,17,18). The van der Waals surface area contributed by atoms with Gasteiger partial charge < -0.3 is 5.32 Å². The van der Waals surface area contributed by atoms with E-state index in [0.717, 1.165) is 12.0 Å². The Bertz CT molecular complexity index is 608. The minimum absolute atomic E-state index is 0.200. The maximum absolute atomic E-state index is 12.2. The second kappa shape index (κ2) is 7.41. The lowest BCUT2D eigenvalue weighted by Crippen LogP contribution is -2.34. The van der Waals surface area contributed by atoms with E-state index in [1.807, 2.05) is 18.2 Å². The van der Waals surface area contributed by atoms with Crippen LogP contribution in [0.5, 0.6) is 0 Å². The highest BCUT2D eigenvalue weighted by molar-refractivity contribution is 7.92. The highest BCUT2D eigenvalue weighted by Crippen LogP contribution is 2.26. The molecule has 0 heterocycles. The first-order valence-corrected chi connectivity index (χ1v) is 8.77. The molecule has 0 aliphatic carbocycles. The molecule has 0 fully saturated rings. The van der Waals surface area contributed by atoms with Gasteiger partial charge in [0.1, 0.15) is 5.25 Å². The van der Waals surface area contributed by atoms with E-state index in [1.54, 1.807) is 6.07 Å². The summed E-state index contributed by atoms with van der Waals surface area (Å²) in [5.74, 6) is -0.414. The summed E-state index contributed by atoms with van der Waals surface area (Å²) in [6.07, 6.45) is 2.24. The fraction of sp³-hybridized carbons (Fsp3) is 0.438. The Labute approximate surface area is 127 Å². The lowest BCUT2D eigenvalue weighted by molar-refractivity contribution is -0.115. The molecule has 2 unspecified atom stereocenters. The number of anilines is 1. The van der Waals surface area contributed by atoms with Crippen LogP contribution < -0.4 is 5.32 Å². The predicted molar refractivity (Wildman–Crippen MR) is 87.2 cm³/mol. The third kappa shape index (κ3) is 4.43. The smallest absolute Gasteiger partial charge is 0.242 e. The number of carbonyl (C=O) groups excluding carboxylic acids is 1. The molecular formula is C16H23NO3S. The molecule has 0 aliphatic rings. The lowest BCUT2D eigenvalue weighted by Gasteiger charge is -2.17. The van der Waals surface area contributed by atoms with Crippen LogP contribution in [-0.4, -0.2) is 25.3 Å². The molecule has 0 aromatic heterocycles. The van der Waals surface area contributed by atoms with Gasteiger partial charge in [-0.2, -0.15) is 0 Å². The van der Waals surface area contributed by atoms with Crippen LogP contribution in [0.1, 0.15) is 38.7 Å². The molecule has 0 radical (unpaired) electrons. The van der Waals surface area contributed by atoms with Crippen LogP contribution in [0.15, 0.2) is 36.9 Å². The minimum atomic E-state index is -3.50. The number of para-hydroxylation sites is 1. The van der Waals surface area contributed by atoms with Crippen LogP contribution in [0.2, 0.25) is 0 Å². The van der Waals surface area contributed by atoms with Crippen LogP contribution in [0.25, 0.3) is 0 Å². The molecule has 1 N–H and O–H groups in total. The first kappa shape index (κ1) is 17.4. The Morgan fingerprint density at radius 1 is 1.33 bits per heavy atom. The number of hydrogen-bond acceptors (Lipinski definition) is 3. The zero-order valence-electron chi connectivity index (χ0n) is 12.8. The average molecular weight is 309 g/mol. The van der Waals surface area contributed by atoms with E-state index >= 15 is 0 Å². The van der Waals surface area contributed by atoms with Crippen molar-refractivity contribution in [3.8, 4) is 0 Å². The molecule has 5 heteroatoms. The number of benzene rings is 1. The molecule has 1 amide bonds. The van der Waals surface area contributed by atoms with Gasteiger partial charge in [0, 0.05) is 5.69 Å². The Morgan fingerprint density at radius 3 is 2.52 bits per heavy atom. The number of sulfone groups is 1.